The second-order valence-corrected chi connectivity index (χ2v) is 4.18. The van der Waals surface area contributed by atoms with Gasteiger partial charge in [0.25, 0.3) is 5.91 Å². The number of nitrogens with zero attached hydrogens (tertiary/aromatic N) is 1. The van der Waals surface area contributed by atoms with E-state index < -0.39 is 11.9 Å². The monoisotopic (exact) mass is 284 g/mol. The number of nitrogens with one attached hydrogen (secondary N) is 1. The summed E-state index contributed by atoms with van der Waals surface area (Å²) < 4.78 is 13.3. The summed E-state index contributed by atoms with van der Waals surface area (Å²) in [7, 11) is 0. The Bertz CT molecular complexity index is 604. The maximum Gasteiger partial charge on any atom is 0.260 e. The van der Waals surface area contributed by atoms with E-state index in [-0.39, 0.29) is 10.6 Å². The molecule has 0 fully saturated rings. The lowest BCUT2D eigenvalue weighted by Crippen LogP contribution is -2.14. The van der Waals surface area contributed by atoms with Gasteiger partial charge in [0.15, 0.2) is 0 Å². The number of anilines is 1. The van der Waals surface area contributed by atoms with Crippen LogP contribution in [0.1, 0.15) is 10.4 Å². The maximum absolute atomic E-state index is 13.3. The van der Waals surface area contributed by atoms with E-state index >= 15 is 0 Å². The Morgan fingerprint density at radius 1 is 1.22 bits per heavy atom. The van der Waals surface area contributed by atoms with E-state index in [1.807, 2.05) is 0 Å². The van der Waals surface area contributed by atoms with E-state index in [9.17, 15) is 9.18 Å². The van der Waals surface area contributed by atoms with Gasteiger partial charge in [0.05, 0.1) is 21.3 Å². The van der Waals surface area contributed by atoms with Crippen molar-refractivity contribution in [3.63, 3.8) is 0 Å². The lowest BCUT2D eigenvalue weighted by atomic mass is 10.2. The van der Waals surface area contributed by atoms with Gasteiger partial charge in [-0.15, -0.1) is 0 Å². The van der Waals surface area contributed by atoms with E-state index in [4.69, 9.17) is 23.2 Å². The summed E-state index contributed by atoms with van der Waals surface area (Å²) in [4.78, 5) is 15.2. The lowest BCUT2D eigenvalue weighted by molar-refractivity contribution is 0.102. The first kappa shape index (κ1) is 12.8. The molecule has 6 heteroatoms. The highest BCUT2D eigenvalue weighted by Gasteiger charge is 2.14. The van der Waals surface area contributed by atoms with Crippen LogP contribution in [0.15, 0.2) is 36.5 Å². The fraction of sp³-hybridized carbons (Fsp3) is 0. The van der Waals surface area contributed by atoms with E-state index in [2.05, 4.69) is 10.3 Å². The molecular formula is C12H7Cl2FN2O. The molecule has 0 bridgehead atoms. The zero-order valence-electron chi connectivity index (χ0n) is 8.95. The fourth-order valence-corrected chi connectivity index (χ4v) is 1.69. The number of rotatable bonds is 2. The van der Waals surface area contributed by atoms with Crippen molar-refractivity contribution in [3.8, 4) is 0 Å². The third-order valence-electron chi connectivity index (χ3n) is 2.20. The SMILES string of the molecule is O=C(Nc1cccc(Cl)c1Cl)c1cccnc1F. The van der Waals surface area contributed by atoms with Gasteiger partial charge in [-0.1, -0.05) is 29.3 Å². The van der Waals surface area contributed by atoms with Crippen molar-refractivity contribution in [2.24, 2.45) is 0 Å². The van der Waals surface area contributed by atoms with Crippen molar-refractivity contribution < 1.29 is 9.18 Å². The molecule has 0 aliphatic rings. The van der Waals surface area contributed by atoms with Gasteiger partial charge >= 0.3 is 0 Å². The number of pyridine rings is 1. The van der Waals surface area contributed by atoms with Gasteiger partial charge in [0, 0.05) is 6.20 Å². The number of hydrogen-bond acceptors (Lipinski definition) is 2. The van der Waals surface area contributed by atoms with Crippen LogP contribution < -0.4 is 5.32 Å². The van der Waals surface area contributed by atoms with Gasteiger partial charge in [-0.2, -0.15) is 4.39 Å². The predicted octanol–water partition coefficient (Wildman–Crippen LogP) is 3.78. The van der Waals surface area contributed by atoms with Crippen molar-refractivity contribution in [1.82, 2.24) is 4.98 Å². The number of aromatic nitrogens is 1. The highest BCUT2D eigenvalue weighted by atomic mass is 35.5. The maximum atomic E-state index is 13.3. The highest BCUT2D eigenvalue weighted by Crippen LogP contribution is 2.29. The van der Waals surface area contributed by atoms with E-state index in [1.54, 1.807) is 18.2 Å². The van der Waals surface area contributed by atoms with Crippen molar-refractivity contribution in [2.45, 2.75) is 0 Å². The van der Waals surface area contributed by atoms with Gasteiger partial charge in [-0.25, -0.2) is 4.98 Å². The third kappa shape index (κ3) is 2.60. The van der Waals surface area contributed by atoms with Crippen LogP contribution in [-0.4, -0.2) is 10.9 Å². The second-order valence-electron chi connectivity index (χ2n) is 3.40. The Morgan fingerprint density at radius 3 is 2.72 bits per heavy atom. The number of amides is 1. The van der Waals surface area contributed by atoms with E-state index in [0.717, 1.165) is 0 Å². The molecule has 1 N–H and O–H groups in total. The predicted molar refractivity (Wildman–Crippen MR) is 68.6 cm³/mol. The van der Waals surface area contributed by atoms with Crippen molar-refractivity contribution in [2.75, 3.05) is 5.32 Å². The minimum Gasteiger partial charge on any atom is -0.320 e. The van der Waals surface area contributed by atoms with Gasteiger partial charge in [-0.05, 0) is 24.3 Å². The molecule has 3 nitrogen and oxygen atoms in total. The third-order valence-corrected chi connectivity index (χ3v) is 3.02. The number of carbonyl (C=O) groups excluding carboxylic acids is 1. The van der Waals surface area contributed by atoms with Crippen molar-refractivity contribution in [3.05, 3.63) is 58.1 Å². The first-order valence-corrected chi connectivity index (χ1v) is 5.71. The molecule has 0 radical (unpaired) electrons. The Hall–Kier alpha value is -1.65. The van der Waals surface area contributed by atoms with Crippen LogP contribution in [-0.2, 0) is 0 Å². The fourth-order valence-electron chi connectivity index (χ4n) is 1.35. The van der Waals surface area contributed by atoms with E-state index in [0.29, 0.717) is 10.7 Å². The number of carbonyl (C=O) groups is 1. The van der Waals surface area contributed by atoms with Gasteiger partial charge in [0.1, 0.15) is 0 Å². The zero-order chi connectivity index (χ0) is 13.1. The molecule has 0 aliphatic heterocycles. The Balaban J connectivity index is 2.27. The average molecular weight is 285 g/mol. The normalized spacial score (nSPS) is 10.2. The Kier molecular flexibility index (Phi) is 3.79. The summed E-state index contributed by atoms with van der Waals surface area (Å²) in [5.74, 6) is -1.47. The molecule has 0 aliphatic carbocycles. The smallest absolute Gasteiger partial charge is 0.260 e. The van der Waals surface area contributed by atoms with Crippen molar-refractivity contribution in [1.29, 1.82) is 0 Å². The first-order chi connectivity index (χ1) is 8.59. The zero-order valence-corrected chi connectivity index (χ0v) is 10.5. The van der Waals surface area contributed by atoms with Gasteiger partial charge < -0.3 is 5.32 Å². The Labute approximate surface area is 113 Å². The molecule has 0 atom stereocenters. The van der Waals surface area contributed by atoms with Gasteiger partial charge in [0.2, 0.25) is 5.95 Å². The van der Waals surface area contributed by atoms with Crippen LogP contribution in [0, 0.1) is 5.95 Å². The first-order valence-electron chi connectivity index (χ1n) is 4.95. The van der Waals surface area contributed by atoms with E-state index in [1.165, 1.54) is 18.3 Å². The van der Waals surface area contributed by atoms with Crippen LogP contribution in [0.25, 0.3) is 0 Å². The topological polar surface area (TPSA) is 42.0 Å². The molecule has 18 heavy (non-hydrogen) atoms. The molecule has 2 aromatic rings. The minimum atomic E-state index is -0.840. The molecule has 1 aromatic carbocycles. The van der Waals surface area contributed by atoms with Crippen molar-refractivity contribution >= 4 is 34.8 Å². The molecule has 0 spiro atoms. The molecule has 1 heterocycles. The number of hydrogen-bond donors (Lipinski definition) is 1. The van der Waals surface area contributed by atoms with Crippen LogP contribution in [0.2, 0.25) is 10.0 Å². The highest BCUT2D eigenvalue weighted by molar-refractivity contribution is 6.44. The second kappa shape index (κ2) is 5.33. The minimum absolute atomic E-state index is 0.159. The van der Waals surface area contributed by atoms with Crippen LogP contribution in [0.4, 0.5) is 10.1 Å². The molecule has 0 saturated carbocycles. The lowest BCUT2D eigenvalue weighted by Gasteiger charge is -2.08. The molecule has 1 amide bonds. The summed E-state index contributed by atoms with van der Waals surface area (Å²) in [6.07, 6.45) is 1.26. The van der Waals surface area contributed by atoms with Crippen LogP contribution in [0.5, 0.6) is 0 Å². The standard InChI is InChI=1S/C12H7Cl2FN2O/c13-8-4-1-5-9(10(8)14)17-12(18)7-3-2-6-16-11(7)15/h1-6H,(H,17,18). The summed E-state index contributed by atoms with van der Waals surface area (Å²) in [5.41, 5.74) is 0.158. The average Bonchev–Trinajstić information content (AvgIpc) is 2.35. The molecule has 92 valence electrons. The molecule has 1 aromatic heterocycles. The quantitative estimate of drug-likeness (QED) is 0.853. The van der Waals surface area contributed by atoms with Crippen LogP contribution >= 0.6 is 23.2 Å². The van der Waals surface area contributed by atoms with Gasteiger partial charge in [-0.3, -0.25) is 4.79 Å². The summed E-state index contributed by atoms with van der Waals surface area (Å²) in [6.45, 7) is 0. The number of halogens is 3. The molecular weight excluding hydrogens is 278 g/mol. The summed E-state index contributed by atoms with van der Waals surface area (Å²) in [5, 5.41) is 2.98. The molecule has 0 saturated heterocycles. The summed E-state index contributed by atoms with van der Waals surface area (Å²) in [6, 6.07) is 7.59. The summed E-state index contributed by atoms with van der Waals surface area (Å²) >= 11 is 11.7. The largest absolute Gasteiger partial charge is 0.320 e. The molecule has 0 unspecified atom stereocenters. The Morgan fingerprint density at radius 2 is 2.00 bits per heavy atom. The van der Waals surface area contributed by atoms with Crippen LogP contribution in [0.3, 0.4) is 0 Å². The number of benzene rings is 1. The molecule has 2 rings (SSSR count).